The highest BCUT2D eigenvalue weighted by atomic mass is 16.4. The second kappa shape index (κ2) is 7.64. The highest BCUT2D eigenvalue weighted by molar-refractivity contribution is 6.35. The minimum absolute atomic E-state index is 0.176. The maximum absolute atomic E-state index is 12.6. The minimum atomic E-state index is -1.00. The summed E-state index contributed by atoms with van der Waals surface area (Å²) in [4.78, 5) is 27.5. The van der Waals surface area contributed by atoms with Gasteiger partial charge in [-0.05, 0) is 86.9 Å². The molecule has 1 aromatic heterocycles. The van der Waals surface area contributed by atoms with Gasteiger partial charge in [0.05, 0.1) is 11.1 Å². The third kappa shape index (κ3) is 3.36. The number of carbonyl (C=O) groups excluding carboxylic acids is 1. The predicted octanol–water partition coefficient (Wildman–Crippen LogP) is 3.37. The van der Waals surface area contributed by atoms with Gasteiger partial charge in [-0.3, -0.25) is 4.79 Å². The molecule has 6 nitrogen and oxygen atoms in total. The number of hydrogen-bond acceptors (Lipinski definition) is 3. The maximum Gasteiger partial charge on any atom is 0.335 e. The van der Waals surface area contributed by atoms with E-state index in [0.717, 1.165) is 37.8 Å². The summed E-state index contributed by atoms with van der Waals surface area (Å²) in [5.74, 6) is -1.20. The summed E-state index contributed by atoms with van der Waals surface area (Å²) >= 11 is 0. The molecule has 1 aromatic carbocycles. The highest BCUT2D eigenvalue weighted by Crippen LogP contribution is 2.36. The number of aromatic amines is 1. The van der Waals surface area contributed by atoms with Crippen molar-refractivity contribution in [1.82, 2.24) is 4.98 Å². The van der Waals surface area contributed by atoms with Gasteiger partial charge in [-0.1, -0.05) is 0 Å². The Bertz CT molecular complexity index is 972. The number of nitrogens with one attached hydrogen (secondary N) is 2. The Morgan fingerprint density at radius 1 is 1.21 bits per heavy atom. The van der Waals surface area contributed by atoms with Crippen molar-refractivity contribution in [1.29, 1.82) is 0 Å². The average Bonchev–Trinajstić information content (AvgIpc) is 3.19. The van der Waals surface area contributed by atoms with Gasteiger partial charge in [-0.2, -0.15) is 0 Å². The largest absolute Gasteiger partial charge is 0.478 e. The van der Waals surface area contributed by atoms with E-state index in [-0.39, 0.29) is 11.5 Å². The fraction of sp³-hybridized carbons (Fsp3) is 0.364. The van der Waals surface area contributed by atoms with Crippen molar-refractivity contribution in [3.05, 3.63) is 51.8 Å². The maximum atomic E-state index is 12.6. The number of rotatable bonds is 6. The van der Waals surface area contributed by atoms with Crippen molar-refractivity contribution in [2.75, 3.05) is 11.9 Å². The van der Waals surface area contributed by atoms with Crippen molar-refractivity contribution in [2.45, 2.75) is 44.9 Å². The van der Waals surface area contributed by atoms with Crippen LogP contribution in [0, 0.1) is 0 Å². The van der Waals surface area contributed by atoms with E-state index in [0.29, 0.717) is 23.4 Å². The van der Waals surface area contributed by atoms with Crippen molar-refractivity contribution in [3.8, 4) is 0 Å². The van der Waals surface area contributed by atoms with E-state index in [1.54, 1.807) is 12.1 Å². The van der Waals surface area contributed by atoms with Gasteiger partial charge in [-0.15, -0.1) is 0 Å². The molecule has 5 N–H and O–H groups in total. The van der Waals surface area contributed by atoms with E-state index in [9.17, 15) is 14.7 Å². The first-order valence-corrected chi connectivity index (χ1v) is 9.92. The average molecular weight is 379 g/mol. The number of aromatic nitrogens is 1. The summed E-state index contributed by atoms with van der Waals surface area (Å²) in [5, 5.41) is 12.1. The van der Waals surface area contributed by atoms with E-state index in [4.69, 9.17) is 5.73 Å². The number of nitrogens with two attached hydrogens (primary N) is 1. The van der Waals surface area contributed by atoms with Crippen LogP contribution < -0.4 is 11.1 Å². The van der Waals surface area contributed by atoms with Crippen LogP contribution in [0.3, 0.4) is 0 Å². The van der Waals surface area contributed by atoms with Crippen LogP contribution >= 0.6 is 0 Å². The lowest BCUT2D eigenvalue weighted by atomic mass is 9.92. The number of aryl methyl sites for hydroxylation is 1. The first kappa shape index (κ1) is 18.5. The first-order valence-electron chi connectivity index (χ1n) is 9.92. The third-order valence-corrected chi connectivity index (χ3v) is 5.66. The van der Waals surface area contributed by atoms with Gasteiger partial charge in [0.15, 0.2) is 0 Å². The lowest BCUT2D eigenvalue weighted by Gasteiger charge is -2.12. The summed E-state index contributed by atoms with van der Waals surface area (Å²) < 4.78 is 0. The molecule has 0 spiro atoms. The quantitative estimate of drug-likeness (QED) is 0.456. The summed E-state index contributed by atoms with van der Waals surface area (Å²) in [7, 11) is 0. The smallest absolute Gasteiger partial charge is 0.335 e. The Balaban J connectivity index is 1.77. The molecule has 2 aromatic rings. The van der Waals surface area contributed by atoms with E-state index in [1.165, 1.54) is 35.7 Å². The molecule has 0 saturated carbocycles. The number of unbranched alkanes of at least 4 members (excludes halogenated alkanes) is 1. The number of aromatic carboxylic acids is 1. The minimum Gasteiger partial charge on any atom is -0.478 e. The van der Waals surface area contributed by atoms with Gasteiger partial charge >= 0.3 is 5.97 Å². The number of benzene rings is 1. The second-order valence-corrected chi connectivity index (χ2v) is 7.50. The molecule has 0 fully saturated rings. The molecule has 0 radical (unpaired) electrons. The Hall–Kier alpha value is -2.86. The number of hydrogen-bond donors (Lipinski definition) is 4. The number of amides is 1. The fourth-order valence-corrected chi connectivity index (χ4v) is 4.24. The Morgan fingerprint density at radius 3 is 2.82 bits per heavy atom. The van der Waals surface area contributed by atoms with E-state index < -0.39 is 5.97 Å². The lowest BCUT2D eigenvalue weighted by Crippen LogP contribution is -2.04. The molecule has 1 aliphatic heterocycles. The van der Waals surface area contributed by atoms with Crippen molar-refractivity contribution >= 4 is 29.2 Å². The van der Waals surface area contributed by atoms with Crippen LogP contribution in [0.25, 0.3) is 11.6 Å². The summed E-state index contributed by atoms with van der Waals surface area (Å²) in [6.07, 6.45) is 9.29. The molecule has 1 aliphatic carbocycles. The van der Waals surface area contributed by atoms with E-state index >= 15 is 0 Å². The molecular weight excluding hydrogens is 354 g/mol. The number of carboxylic acid groups (broad SMARTS) is 1. The topological polar surface area (TPSA) is 108 Å². The molecule has 1 amide bonds. The van der Waals surface area contributed by atoms with Crippen LogP contribution in [0.4, 0.5) is 5.69 Å². The molecule has 0 atom stereocenters. The van der Waals surface area contributed by atoms with Gasteiger partial charge in [0.25, 0.3) is 5.91 Å². The first-order chi connectivity index (χ1) is 13.6. The molecule has 6 heteroatoms. The van der Waals surface area contributed by atoms with Crippen LogP contribution in [0.2, 0.25) is 0 Å². The summed E-state index contributed by atoms with van der Waals surface area (Å²) in [6.45, 7) is 0.677. The van der Waals surface area contributed by atoms with Crippen LogP contribution in [-0.2, 0) is 24.1 Å². The lowest BCUT2D eigenvalue weighted by molar-refractivity contribution is -0.110. The van der Waals surface area contributed by atoms with Crippen LogP contribution in [0.15, 0.2) is 18.2 Å². The van der Waals surface area contributed by atoms with E-state index in [2.05, 4.69) is 10.3 Å². The molecule has 28 heavy (non-hydrogen) atoms. The summed E-state index contributed by atoms with van der Waals surface area (Å²) in [5.41, 5.74) is 12.6. The Morgan fingerprint density at radius 2 is 2.04 bits per heavy atom. The SMILES string of the molecule is NCCCCc1c(/C=C2\C(=O)Nc3ccc(C(=O)O)cc32)[nH]c2c1CCCC2. The number of H-pyrrole nitrogens is 1. The zero-order valence-corrected chi connectivity index (χ0v) is 15.8. The molecule has 146 valence electrons. The van der Waals surface area contributed by atoms with Crippen LogP contribution in [0.1, 0.15) is 64.1 Å². The molecule has 0 bridgehead atoms. The van der Waals surface area contributed by atoms with Gasteiger partial charge in [-0.25, -0.2) is 4.79 Å². The molecule has 2 aliphatic rings. The molecular formula is C22H25N3O3. The Kier molecular flexibility index (Phi) is 5.05. The zero-order chi connectivity index (χ0) is 19.7. The third-order valence-electron chi connectivity index (χ3n) is 5.66. The van der Waals surface area contributed by atoms with E-state index in [1.807, 2.05) is 6.08 Å². The normalized spacial score (nSPS) is 16.8. The van der Waals surface area contributed by atoms with Gasteiger partial charge < -0.3 is 21.1 Å². The standard InChI is InChI=1S/C22H25N3O3/c23-10-4-3-6-15-14-5-1-2-7-18(14)24-20(15)12-17-16-11-13(22(27)28)8-9-19(16)25-21(17)26/h8-9,11-12,24H,1-7,10,23H2,(H,25,26)(H,27,28)/b17-12-. The number of carboxylic acids is 1. The van der Waals surface area contributed by atoms with Crippen molar-refractivity contribution < 1.29 is 14.7 Å². The monoisotopic (exact) mass is 379 g/mol. The fourth-order valence-electron chi connectivity index (χ4n) is 4.24. The summed E-state index contributed by atoms with van der Waals surface area (Å²) in [6, 6.07) is 4.73. The molecule has 0 saturated heterocycles. The van der Waals surface area contributed by atoms with Gasteiger partial charge in [0.1, 0.15) is 0 Å². The van der Waals surface area contributed by atoms with Crippen molar-refractivity contribution in [2.24, 2.45) is 5.73 Å². The second-order valence-electron chi connectivity index (χ2n) is 7.50. The van der Waals surface area contributed by atoms with Crippen LogP contribution in [-0.4, -0.2) is 28.5 Å². The van der Waals surface area contributed by atoms with Crippen molar-refractivity contribution in [3.63, 3.8) is 0 Å². The molecule has 0 unspecified atom stereocenters. The number of anilines is 1. The molecule has 4 rings (SSSR count). The molecule has 2 heterocycles. The number of carbonyl (C=O) groups is 2. The van der Waals surface area contributed by atoms with Gasteiger partial charge in [0.2, 0.25) is 0 Å². The highest BCUT2D eigenvalue weighted by Gasteiger charge is 2.27. The number of fused-ring (bicyclic) bond motifs is 2. The van der Waals surface area contributed by atoms with Crippen LogP contribution in [0.5, 0.6) is 0 Å². The predicted molar refractivity (Wildman–Crippen MR) is 109 cm³/mol. The zero-order valence-electron chi connectivity index (χ0n) is 15.8. The van der Waals surface area contributed by atoms with Gasteiger partial charge in [0, 0.05) is 22.6 Å². The Labute approximate surface area is 163 Å².